The van der Waals surface area contributed by atoms with E-state index in [1.165, 1.54) is 43.8 Å². The minimum atomic E-state index is 0.0993. The molecule has 176 valence electrons. The van der Waals surface area contributed by atoms with Gasteiger partial charge in [-0.05, 0) is 62.0 Å². The average molecular weight is 475 g/mol. The van der Waals surface area contributed by atoms with Crippen molar-refractivity contribution >= 4 is 32.9 Å². The van der Waals surface area contributed by atoms with Gasteiger partial charge < -0.3 is 0 Å². The standard InChI is InChI=1S/C35H26N2/c1-3-11-25(12-4-1)26-19-21-27(22-20-26)33-24-34(37(36-33)30-15-5-2-6-16-30)35-31-17-9-7-13-28(31)23-29-14-8-10-18-32(29)35/h1-23,34H,24H2. The molecular formula is C35H26N2. The SMILES string of the molecule is c1ccc(-c2ccc(C3=NN(c4ccccc4)C(c4c5ccccc5cc5ccccc45)C3)cc2)cc1. The first kappa shape index (κ1) is 21.6. The summed E-state index contributed by atoms with van der Waals surface area (Å²) in [6.07, 6.45) is 0.845. The third-order valence-corrected chi connectivity index (χ3v) is 7.40. The van der Waals surface area contributed by atoms with Gasteiger partial charge in [0.15, 0.2) is 0 Å². The highest BCUT2D eigenvalue weighted by Crippen LogP contribution is 2.43. The third kappa shape index (κ3) is 3.88. The lowest BCUT2D eigenvalue weighted by molar-refractivity contribution is 0.719. The molecule has 0 aromatic heterocycles. The summed E-state index contributed by atoms with van der Waals surface area (Å²) in [7, 11) is 0. The highest BCUT2D eigenvalue weighted by atomic mass is 15.5. The molecular weight excluding hydrogens is 448 g/mol. The van der Waals surface area contributed by atoms with Gasteiger partial charge in [-0.3, -0.25) is 5.01 Å². The van der Waals surface area contributed by atoms with E-state index in [0.29, 0.717) is 0 Å². The molecule has 1 atom stereocenters. The van der Waals surface area contributed by atoms with Gasteiger partial charge in [-0.1, -0.05) is 121 Å². The molecule has 0 saturated heterocycles. The fourth-order valence-corrected chi connectivity index (χ4v) is 5.62. The van der Waals surface area contributed by atoms with Gasteiger partial charge in [0, 0.05) is 6.42 Å². The minimum absolute atomic E-state index is 0.0993. The summed E-state index contributed by atoms with van der Waals surface area (Å²) in [4.78, 5) is 0. The van der Waals surface area contributed by atoms with Gasteiger partial charge in [-0.2, -0.15) is 5.10 Å². The Morgan fingerprint density at radius 1 is 0.514 bits per heavy atom. The Morgan fingerprint density at radius 2 is 1.03 bits per heavy atom. The van der Waals surface area contributed by atoms with Crippen molar-refractivity contribution in [3.63, 3.8) is 0 Å². The predicted molar refractivity (Wildman–Crippen MR) is 156 cm³/mol. The van der Waals surface area contributed by atoms with Crippen molar-refractivity contribution in [2.24, 2.45) is 5.10 Å². The molecule has 0 radical (unpaired) electrons. The van der Waals surface area contributed by atoms with Crippen molar-refractivity contribution in [1.29, 1.82) is 0 Å². The zero-order valence-corrected chi connectivity index (χ0v) is 20.5. The van der Waals surface area contributed by atoms with Gasteiger partial charge in [-0.15, -0.1) is 0 Å². The quantitative estimate of drug-likeness (QED) is 0.233. The summed E-state index contributed by atoms with van der Waals surface area (Å²) < 4.78 is 0. The van der Waals surface area contributed by atoms with E-state index in [9.17, 15) is 0 Å². The van der Waals surface area contributed by atoms with Crippen molar-refractivity contribution in [2.45, 2.75) is 12.5 Å². The van der Waals surface area contributed by atoms with Crippen molar-refractivity contribution in [1.82, 2.24) is 0 Å². The molecule has 0 saturated carbocycles. The lowest BCUT2D eigenvalue weighted by Gasteiger charge is -2.26. The molecule has 0 spiro atoms. The normalized spacial score (nSPS) is 15.3. The zero-order chi connectivity index (χ0) is 24.6. The summed E-state index contributed by atoms with van der Waals surface area (Å²) in [6.45, 7) is 0. The van der Waals surface area contributed by atoms with E-state index >= 15 is 0 Å². The first-order valence-corrected chi connectivity index (χ1v) is 12.8. The van der Waals surface area contributed by atoms with Crippen LogP contribution in [-0.2, 0) is 0 Å². The van der Waals surface area contributed by atoms with Crippen molar-refractivity contribution in [3.8, 4) is 11.1 Å². The summed E-state index contributed by atoms with van der Waals surface area (Å²) >= 11 is 0. The molecule has 1 aliphatic rings. The Kier molecular flexibility index (Phi) is 5.29. The summed E-state index contributed by atoms with van der Waals surface area (Å²) in [5.41, 5.74) is 7.20. The number of benzene rings is 6. The number of fused-ring (bicyclic) bond motifs is 2. The van der Waals surface area contributed by atoms with E-state index in [1.54, 1.807) is 0 Å². The van der Waals surface area contributed by atoms with E-state index in [1.807, 2.05) is 0 Å². The number of para-hydroxylation sites is 1. The van der Waals surface area contributed by atoms with Crippen molar-refractivity contribution in [3.05, 3.63) is 151 Å². The molecule has 0 fully saturated rings. The number of hydrogen-bond donors (Lipinski definition) is 0. The first-order valence-electron chi connectivity index (χ1n) is 12.8. The van der Waals surface area contributed by atoms with Crippen molar-refractivity contribution in [2.75, 3.05) is 5.01 Å². The van der Waals surface area contributed by atoms with Crippen LogP contribution in [0.1, 0.15) is 23.6 Å². The first-order chi connectivity index (χ1) is 18.3. The number of hydrogen-bond acceptors (Lipinski definition) is 2. The van der Waals surface area contributed by atoms with Crippen LogP contribution in [0.5, 0.6) is 0 Å². The molecule has 6 aromatic rings. The molecule has 1 aliphatic heterocycles. The van der Waals surface area contributed by atoms with Crippen LogP contribution in [0.2, 0.25) is 0 Å². The van der Waals surface area contributed by atoms with Gasteiger partial charge in [0.2, 0.25) is 0 Å². The Labute approximate surface area is 217 Å². The van der Waals surface area contributed by atoms with Crippen LogP contribution in [0, 0.1) is 0 Å². The number of hydrazone groups is 1. The topological polar surface area (TPSA) is 15.6 Å². The van der Waals surface area contributed by atoms with E-state index in [0.717, 1.165) is 17.8 Å². The molecule has 0 aliphatic carbocycles. The van der Waals surface area contributed by atoms with E-state index < -0.39 is 0 Å². The van der Waals surface area contributed by atoms with Crippen LogP contribution >= 0.6 is 0 Å². The maximum atomic E-state index is 5.25. The maximum absolute atomic E-state index is 5.25. The van der Waals surface area contributed by atoms with E-state index in [4.69, 9.17) is 5.10 Å². The zero-order valence-electron chi connectivity index (χ0n) is 20.5. The fourth-order valence-electron chi connectivity index (χ4n) is 5.62. The van der Waals surface area contributed by atoms with Crippen LogP contribution < -0.4 is 5.01 Å². The van der Waals surface area contributed by atoms with Gasteiger partial charge in [0.1, 0.15) is 0 Å². The van der Waals surface area contributed by atoms with Crippen LogP contribution in [-0.4, -0.2) is 5.71 Å². The molecule has 2 heteroatoms. The molecule has 0 amide bonds. The number of rotatable bonds is 4. The minimum Gasteiger partial charge on any atom is -0.257 e. The van der Waals surface area contributed by atoms with E-state index in [-0.39, 0.29) is 6.04 Å². The average Bonchev–Trinajstić information content (AvgIpc) is 3.42. The molecule has 7 rings (SSSR count). The molecule has 6 aromatic carbocycles. The second-order valence-corrected chi connectivity index (χ2v) is 9.62. The summed E-state index contributed by atoms with van der Waals surface area (Å²) in [5, 5.41) is 12.6. The largest absolute Gasteiger partial charge is 0.257 e. The predicted octanol–water partition coefficient (Wildman–Crippen LogP) is 9.02. The molecule has 37 heavy (non-hydrogen) atoms. The Bertz CT molecular complexity index is 1680. The summed E-state index contributed by atoms with van der Waals surface area (Å²) in [5.74, 6) is 0. The highest BCUT2D eigenvalue weighted by molar-refractivity contribution is 6.07. The molecule has 0 bridgehead atoms. The smallest absolute Gasteiger partial charge is 0.0843 e. The molecule has 2 nitrogen and oxygen atoms in total. The van der Waals surface area contributed by atoms with Crippen LogP contribution in [0.4, 0.5) is 5.69 Å². The maximum Gasteiger partial charge on any atom is 0.0843 e. The molecule has 0 N–H and O–H groups in total. The monoisotopic (exact) mass is 474 g/mol. The molecule has 1 heterocycles. The summed E-state index contributed by atoms with van der Waals surface area (Å²) in [6, 6.07) is 49.8. The third-order valence-electron chi connectivity index (χ3n) is 7.40. The lowest BCUT2D eigenvalue weighted by Crippen LogP contribution is -2.19. The highest BCUT2D eigenvalue weighted by Gasteiger charge is 2.32. The Hall–Kier alpha value is -4.69. The number of nitrogens with zero attached hydrogens (tertiary/aromatic N) is 2. The fraction of sp³-hybridized carbons (Fsp3) is 0.0571. The molecule has 1 unspecified atom stereocenters. The van der Waals surface area contributed by atoms with Crippen molar-refractivity contribution < 1.29 is 0 Å². The number of anilines is 1. The van der Waals surface area contributed by atoms with Gasteiger partial charge in [0.25, 0.3) is 0 Å². The second kappa shape index (κ2) is 9.07. The van der Waals surface area contributed by atoms with Gasteiger partial charge in [-0.25, -0.2) is 0 Å². The Morgan fingerprint density at radius 3 is 1.68 bits per heavy atom. The van der Waals surface area contributed by atoms with E-state index in [2.05, 4.69) is 145 Å². The lowest BCUT2D eigenvalue weighted by atomic mass is 9.89. The van der Waals surface area contributed by atoms with Gasteiger partial charge in [0.05, 0.1) is 17.4 Å². The van der Waals surface area contributed by atoms with Crippen LogP contribution in [0.3, 0.4) is 0 Å². The van der Waals surface area contributed by atoms with Crippen LogP contribution in [0.25, 0.3) is 32.7 Å². The Balaban J connectivity index is 1.36. The van der Waals surface area contributed by atoms with Crippen LogP contribution in [0.15, 0.2) is 145 Å². The van der Waals surface area contributed by atoms with Gasteiger partial charge >= 0.3 is 0 Å². The second-order valence-electron chi connectivity index (χ2n) is 9.62.